The van der Waals surface area contributed by atoms with Crippen molar-refractivity contribution >= 4 is 22.5 Å². The Hall–Kier alpha value is -3.68. The molecule has 3 aromatic heterocycles. The summed E-state index contributed by atoms with van der Waals surface area (Å²) in [5.41, 5.74) is 2.38. The molecule has 5 rings (SSSR count). The zero-order valence-corrected chi connectivity index (χ0v) is 15.6. The number of carbonyl (C=O) groups excluding carboxylic acids is 1. The molecule has 0 atom stereocenters. The molecule has 29 heavy (non-hydrogen) atoms. The number of halogens is 1. The third kappa shape index (κ3) is 2.84. The molecule has 1 aromatic carbocycles. The lowest BCUT2D eigenvalue weighted by atomic mass is 10.1. The van der Waals surface area contributed by atoms with Gasteiger partial charge in [-0.3, -0.25) is 14.0 Å². The molecule has 1 aliphatic rings. The van der Waals surface area contributed by atoms with Crippen LogP contribution in [0.2, 0.25) is 0 Å². The van der Waals surface area contributed by atoms with Crippen molar-refractivity contribution in [2.45, 2.75) is 13.0 Å². The largest absolute Gasteiger partial charge is 0.497 e. The van der Waals surface area contributed by atoms with E-state index in [0.29, 0.717) is 41.3 Å². The van der Waals surface area contributed by atoms with Gasteiger partial charge >= 0.3 is 0 Å². The predicted octanol–water partition coefficient (Wildman–Crippen LogP) is 2.52. The lowest BCUT2D eigenvalue weighted by molar-refractivity contribution is 0.0727. The SMILES string of the molecule is COc1ccc2cc(C(=O)N3CCc4nc5ccc(F)cn5c(=O)c4C3)[nH]c2c1. The van der Waals surface area contributed by atoms with E-state index < -0.39 is 5.82 Å². The number of hydrogen-bond donors (Lipinski definition) is 1. The number of aromatic amines is 1. The standard InChI is InChI=1S/C21H17FN4O3/c1-29-14-4-2-12-8-18(23-17(12)9-14)21(28)25-7-6-16-15(11-25)20(27)26-10-13(22)3-5-19(26)24-16/h2-5,8-10,23H,6-7,11H2,1H3. The third-order valence-electron chi connectivity index (χ3n) is 5.28. The number of fused-ring (bicyclic) bond motifs is 3. The van der Waals surface area contributed by atoms with Crippen LogP contribution >= 0.6 is 0 Å². The highest BCUT2D eigenvalue weighted by molar-refractivity contribution is 5.98. The molecule has 0 radical (unpaired) electrons. The molecule has 0 saturated carbocycles. The number of nitrogens with zero attached hydrogens (tertiary/aromatic N) is 3. The van der Waals surface area contributed by atoms with Crippen LogP contribution in [-0.4, -0.2) is 38.8 Å². The summed E-state index contributed by atoms with van der Waals surface area (Å²) in [6.07, 6.45) is 1.59. The van der Waals surface area contributed by atoms with E-state index in [0.717, 1.165) is 17.1 Å². The maximum atomic E-state index is 13.6. The van der Waals surface area contributed by atoms with E-state index in [-0.39, 0.29) is 18.0 Å². The normalized spacial score (nSPS) is 13.7. The molecule has 0 fully saturated rings. The zero-order chi connectivity index (χ0) is 20.1. The number of benzene rings is 1. The van der Waals surface area contributed by atoms with Gasteiger partial charge in [0.1, 0.15) is 22.9 Å². The van der Waals surface area contributed by atoms with Gasteiger partial charge in [0, 0.05) is 36.1 Å². The van der Waals surface area contributed by atoms with Gasteiger partial charge in [-0.1, -0.05) is 0 Å². The summed E-state index contributed by atoms with van der Waals surface area (Å²) >= 11 is 0. The Balaban J connectivity index is 1.50. The van der Waals surface area contributed by atoms with Crippen LogP contribution in [0.25, 0.3) is 16.6 Å². The Morgan fingerprint density at radius 3 is 2.93 bits per heavy atom. The molecule has 1 N–H and O–H groups in total. The fraction of sp³-hybridized carbons (Fsp3) is 0.190. The first kappa shape index (κ1) is 17.4. The Kier molecular flexibility index (Phi) is 3.87. The molecule has 0 aliphatic carbocycles. The van der Waals surface area contributed by atoms with E-state index in [2.05, 4.69) is 9.97 Å². The molecule has 0 spiro atoms. The van der Waals surface area contributed by atoms with Gasteiger partial charge in [-0.15, -0.1) is 0 Å². The minimum absolute atomic E-state index is 0.137. The number of H-pyrrole nitrogens is 1. The second-order valence-corrected chi connectivity index (χ2v) is 7.03. The molecular weight excluding hydrogens is 375 g/mol. The van der Waals surface area contributed by atoms with Crippen LogP contribution in [0.3, 0.4) is 0 Å². The first-order valence-corrected chi connectivity index (χ1v) is 9.19. The zero-order valence-electron chi connectivity index (χ0n) is 15.6. The van der Waals surface area contributed by atoms with Crippen LogP contribution in [0.1, 0.15) is 21.7 Å². The molecule has 0 bridgehead atoms. The number of nitrogens with one attached hydrogen (secondary N) is 1. The summed E-state index contributed by atoms with van der Waals surface area (Å²) < 4.78 is 20.0. The molecular formula is C21H17FN4O3. The molecule has 8 heteroatoms. The number of amides is 1. The van der Waals surface area contributed by atoms with Gasteiger partial charge in [0.2, 0.25) is 0 Å². The van der Waals surface area contributed by atoms with Crippen molar-refractivity contribution in [3.63, 3.8) is 0 Å². The number of methoxy groups -OCH3 is 1. The van der Waals surface area contributed by atoms with Crippen LogP contribution < -0.4 is 10.3 Å². The van der Waals surface area contributed by atoms with Crippen LogP contribution in [0, 0.1) is 5.82 Å². The Bertz CT molecular complexity index is 1340. The lowest BCUT2D eigenvalue weighted by Crippen LogP contribution is -2.40. The van der Waals surface area contributed by atoms with Gasteiger partial charge < -0.3 is 14.6 Å². The second-order valence-electron chi connectivity index (χ2n) is 7.03. The second kappa shape index (κ2) is 6.44. The van der Waals surface area contributed by atoms with Gasteiger partial charge in [0.05, 0.1) is 24.9 Å². The highest BCUT2D eigenvalue weighted by Gasteiger charge is 2.26. The van der Waals surface area contributed by atoms with Crippen molar-refractivity contribution in [3.05, 3.63) is 75.7 Å². The van der Waals surface area contributed by atoms with Gasteiger partial charge in [-0.25, -0.2) is 9.37 Å². The summed E-state index contributed by atoms with van der Waals surface area (Å²) in [6, 6.07) is 10.1. The molecule has 7 nitrogen and oxygen atoms in total. The van der Waals surface area contributed by atoms with E-state index >= 15 is 0 Å². The van der Waals surface area contributed by atoms with Crippen molar-refractivity contribution in [2.24, 2.45) is 0 Å². The quantitative estimate of drug-likeness (QED) is 0.569. The minimum Gasteiger partial charge on any atom is -0.497 e. The third-order valence-corrected chi connectivity index (χ3v) is 5.28. The van der Waals surface area contributed by atoms with Crippen molar-refractivity contribution in [2.75, 3.05) is 13.7 Å². The number of pyridine rings is 1. The van der Waals surface area contributed by atoms with Gasteiger partial charge in [-0.2, -0.15) is 0 Å². The van der Waals surface area contributed by atoms with Gasteiger partial charge in [0.25, 0.3) is 11.5 Å². The molecule has 0 unspecified atom stereocenters. The van der Waals surface area contributed by atoms with Crippen LogP contribution in [-0.2, 0) is 13.0 Å². The molecule has 1 aliphatic heterocycles. The van der Waals surface area contributed by atoms with Crippen molar-refractivity contribution < 1.29 is 13.9 Å². The highest BCUT2D eigenvalue weighted by atomic mass is 19.1. The van der Waals surface area contributed by atoms with E-state index in [1.807, 2.05) is 18.2 Å². The summed E-state index contributed by atoms with van der Waals surface area (Å²) in [7, 11) is 1.59. The molecule has 0 saturated heterocycles. The maximum absolute atomic E-state index is 13.6. The predicted molar refractivity (Wildman–Crippen MR) is 105 cm³/mol. The minimum atomic E-state index is -0.515. The highest BCUT2D eigenvalue weighted by Crippen LogP contribution is 2.23. The first-order valence-electron chi connectivity index (χ1n) is 9.19. The van der Waals surface area contributed by atoms with Crippen molar-refractivity contribution in [1.82, 2.24) is 19.3 Å². The van der Waals surface area contributed by atoms with Crippen LogP contribution in [0.5, 0.6) is 5.75 Å². The molecule has 1 amide bonds. The van der Waals surface area contributed by atoms with E-state index in [9.17, 15) is 14.0 Å². The number of aromatic nitrogens is 3. The number of carbonyl (C=O) groups is 1. The monoisotopic (exact) mass is 392 g/mol. The molecule has 4 aromatic rings. The van der Waals surface area contributed by atoms with E-state index in [1.54, 1.807) is 18.1 Å². The molecule has 4 heterocycles. The van der Waals surface area contributed by atoms with Crippen molar-refractivity contribution in [1.29, 1.82) is 0 Å². The van der Waals surface area contributed by atoms with Crippen molar-refractivity contribution in [3.8, 4) is 5.75 Å². The Morgan fingerprint density at radius 1 is 1.24 bits per heavy atom. The van der Waals surface area contributed by atoms with E-state index in [4.69, 9.17) is 4.74 Å². The summed E-state index contributed by atoms with van der Waals surface area (Å²) in [4.78, 5) is 35.1. The summed E-state index contributed by atoms with van der Waals surface area (Å²) in [5, 5.41) is 0.898. The maximum Gasteiger partial charge on any atom is 0.270 e. The fourth-order valence-electron chi connectivity index (χ4n) is 3.76. The topological polar surface area (TPSA) is 79.7 Å². The summed E-state index contributed by atoms with van der Waals surface area (Å²) in [6.45, 7) is 0.590. The Morgan fingerprint density at radius 2 is 2.10 bits per heavy atom. The smallest absolute Gasteiger partial charge is 0.270 e. The number of ether oxygens (including phenoxy) is 1. The van der Waals surface area contributed by atoms with Crippen LogP contribution in [0.4, 0.5) is 4.39 Å². The van der Waals surface area contributed by atoms with Gasteiger partial charge in [-0.05, 0) is 30.3 Å². The summed E-state index contributed by atoms with van der Waals surface area (Å²) in [5.74, 6) is -0.0170. The lowest BCUT2D eigenvalue weighted by Gasteiger charge is -2.27. The Labute approximate surface area is 164 Å². The van der Waals surface area contributed by atoms with Gasteiger partial charge in [0.15, 0.2) is 0 Å². The molecule has 146 valence electrons. The average Bonchev–Trinajstić information content (AvgIpc) is 3.17. The average molecular weight is 392 g/mol. The number of hydrogen-bond acceptors (Lipinski definition) is 4. The van der Waals surface area contributed by atoms with Crippen LogP contribution in [0.15, 0.2) is 47.4 Å². The van der Waals surface area contributed by atoms with E-state index in [1.165, 1.54) is 16.5 Å². The fourth-order valence-corrected chi connectivity index (χ4v) is 3.76. The number of rotatable bonds is 2. The first-order chi connectivity index (χ1) is 14.0.